The SMILES string of the molecule is [CH2]C(CCCC)(OC=C(C)C(=O)O)Oc1ccccc1.[CH2]C[O].[CH2]C[O].[CH2]C[O].[CH2]C[O].[CH2]C[O]. The number of benzene rings is 1. The number of carbonyl (C=O) groups is 1. The summed E-state index contributed by atoms with van der Waals surface area (Å²) in [6, 6.07) is 9.22. The van der Waals surface area contributed by atoms with Crippen molar-refractivity contribution < 1.29 is 44.9 Å². The predicted octanol–water partition coefficient (Wildman–Crippen LogP) is 5.05. The van der Waals surface area contributed by atoms with Crippen LogP contribution in [0.4, 0.5) is 0 Å². The summed E-state index contributed by atoms with van der Waals surface area (Å²) in [5.41, 5.74) is 0.103. The van der Waals surface area contributed by atoms with Gasteiger partial charge in [0.15, 0.2) is 0 Å². The van der Waals surface area contributed by atoms with Crippen LogP contribution in [0.2, 0.25) is 0 Å². The van der Waals surface area contributed by atoms with Gasteiger partial charge in [-0.3, -0.25) is 0 Å². The number of carboxylic acids is 1. The first-order chi connectivity index (χ1) is 16.5. The number of aliphatic carboxylic acids is 1. The number of unbranched alkanes of at least 4 members (excludes halogenated alkanes) is 1. The number of hydrogen-bond acceptors (Lipinski definition) is 3. The summed E-state index contributed by atoms with van der Waals surface area (Å²) in [4.78, 5) is 10.8. The minimum atomic E-state index is -1.12. The number of rotatable bonds is 8. The van der Waals surface area contributed by atoms with Crippen LogP contribution in [0.25, 0.3) is 0 Å². The highest BCUT2D eigenvalue weighted by Gasteiger charge is 2.27. The Labute approximate surface area is 212 Å². The van der Waals surface area contributed by atoms with Crippen LogP contribution in [0, 0.1) is 41.5 Å². The van der Waals surface area contributed by atoms with Crippen LogP contribution in [-0.2, 0) is 35.1 Å². The lowest BCUT2D eigenvalue weighted by Crippen LogP contribution is -2.34. The second-order valence-corrected chi connectivity index (χ2v) is 5.67. The van der Waals surface area contributed by atoms with Gasteiger partial charge in [-0.1, -0.05) is 31.5 Å². The number of hydrogen-bond donors (Lipinski definition) is 1. The molecule has 0 fully saturated rings. The average molecular weight is 498 g/mol. The molecule has 0 aliphatic carbocycles. The molecule has 0 heterocycles. The molecule has 1 N–H and O–H groups in total. The Morgan fingerprint density at radius 2 is 1.26 bits per heavy atom. The van der Waals surface area contributed by atoms with Crippen molar-refractivity contribution in [2.24, 2.45) is 0 Å². The van der Waals surface area contributed by atoms with Crippen molar-refractivity contribution in [2.45, 2.75) is 38.9 Å². The molecule has 35 heavy (non-hydrogen) atoms. The van der Waals surface area contributed by atoms with E-state index in [0.717, 1.165) is 12.8 Å². The molecular weight excluding hydrogens is 456 g/mol. The van der Waals surface area contributed by atoms with Crippen molar-refractivity contribution in [1.82, 2.24) is 0 Å². The molecule has 0 amide bonds. The van der Waals surface area contributed by atoms with Gasteiger partial charge in [0.2, 0.25) is 0 Å². The van der Waals surface area contributed by atoms with Crippen LogP contribution in [0.5, 0.6) is 5.75 Å². The Balaban J connectivity index is -0.000000165. The van der Waals surface area contributed by atoms with E-state index >= 15 is 0 Å². The van der Waals surface area contributed by atoms with E-state index in [1.165, 1.54) is 13.2 Å². The van der Waals surface area contributed by atoms with Crippen molar-refractivity contribution >= 4 is 5.97 Å². The van der Waals surface area contributed by atoms with E-state index in [4.69, 9.17) is 40.1 Å². The van der Waals surface area contributed by atoms with Gasteiger partial charge in [-0.2, -0.15) is 0 Å². The Hall–Kier alpha value is -2.17. The molecule has 1 aromatic carbocycles. The van der Waals surface area contributed by atoms with Crippen molar-refractivity contribution in [3.63, 3.8) is 0 Å². The highest BCUT2D eigenvalue weighted by Crippen LogP contribution is 2.24. The van der Waals surface area contributed by atoms with Crippen LogP contribution in [0.15, 0.2) is 42.2 Å². The third-order valence-corrected chi connectivity index (χ3v) is 2.75. The fourth-order valence-electron chi connectivity index (χ4n) is 1.53. The van der Waals surface area contributed by atoms with Gasteiger partial charge in [0.25, 0.3) is 5.79 Å². The Morgan fingerprint density at radius 1 is 0.886 bits per heavy atom. The zero-order valence-corrected chi connectivity index (χ0v) is 21.1. The Morgan fingerprint density at radius 3 is 1.57 bits per heavy atom. The third-order valence-electron chi connectivity index (χ3n) is 2.75. The van der Waals surface area contributed by atoms with Gasteiger partial charge in [-0.25, -0.2) is 30.3 Å². The second-order valence-electron chi connectivity index (χ2n) is 5.67. The topological polar surface area (TPSA) is 155 Å². The molecule has 0 spiro atoms. The highest BCUT2D eigenvalue weighted by atomic mass is 16.7. The zero-order valence-electron chi connectivity index (χ0n) is 21.1. The third kappa shape index (κ3) is 42.5. The number of para-hydroxylation sites is 1. The molecule has 0 aliphatic heterocycles. The van der Waals surface area contributed by atoms with Crippen LogP contribution < -0.4 is 4.74 Å². The summed E-state index contributed by atoms with van der Waals surface area (Å²) in [6.45, 7) is 20.9. The van der Waals surface area contributed by atoms with E-state index in [1.807, 2.05) is 30.3 Å². The van der Waals surface area contributed by atoms with Crippen molar-refractivity contribution in [2.75, 3.05) is 33.0 Å². The maximum Gasteiger partial charge on any atom is 0.334 e. The van der Waals surface area contributed by atoms with Gasteiger partial charge >= 0.3 is 5.97 Å². The first kappa shape index (κ1) is 42.9. The first-order valence-electron chi connectivity index (χ1n) is 10.6. The Bertz CT molecular complexity index is 525. The summed E-state index contributed by atoms with van der Waals surface area (Å²) in [6.07, 6.45) is 3.60. The number of carboxylic acid groups (broad SMARTS) is 1. The van der Waals surface area contributed by atoms with Crippen LogP contribution >= 0.6 is 0 Å². The van der Waals surface area contributed by atoms with Gasteiger partial charge in [0, 0.05) is 13.3 Å². The molecule has 1 atom stereocenters. The molecule has 11 radical (unpaired) electrons. The second kappa shape index (κ2) is 36.4. The van der Waals surface area contributed by atoms with Gasteiger partial charge in [0.05, 0.1) is 44.9 Å². The van der Waals surface area contributed by atoms with Gasteiger partial charge in [0.1, 0.15) is 5.75 Å². The summed E-state index contributed by atoms with van der Waals surface area (Å²) < 4.78 is 11.2. The maximum absolute atomic E-state index is 10.8. The molecular formula is C26H41O9. The minimum absolute atomic E-state index is 0.103. The van der Waals surface area contributed by atoms with Crippen LogP contribution in [0.3, 0.4) is 0 Å². The quantitative estimate of drug-likeness (QED) is 0.303. The monoisotopic (exact) mass is 497 g/mol. The lowest BCUT2D eigenvalue weighted by molar-refractivity contribution is -0.134. The first-order valence-corrected chi connectivity index (χ1v) is 10.6. The smallest absolute Gasteiger partial charge is 0.334 e. The highest BCUT2D eigenvalue weighted by molar-refractivity contribution is 5.85. The standard InChI is InChI=1S/C16H21O4.5C2H4O/c1-4-5-11-16(3,19-12-13(2)15(17)18)20-14-9-7-6-8-10-14;5*1-2-3/h6-10,12H,3-5,11H2,1-2H3,(H,17,18);5*1-2H2. The lowest BCUT2D eigenvalue weighted by Gasteiger charge is -2.29. The van der Waals surface area contributed by atoms with E-state index in [2.05, 4.69) is 48.5 Å². The molecule has 199 valence electrons. The molecule has 9 nitrogen and oxygen atoms in total. The van der Waals surface area contributed by atoms with E-state index in [-0.39, 0.29) is 38.6 Å². The summed E-state index contributed by atoms with van der Waals surface area (Å²) in [7, 11) is 0. The molecule has 1 aromatic rings. The molecule has 9 heteroatoms. The van der Waals surface area contributed by atoms with Crippen LogP contribution in [0.1, 0.15) is 33.1 Å². The average Bonchev–Trinajstić information content (AvgIpc) is 2.79. The molecule has 0 aliphatic rings. The van der Waals surface area contributed by atoms with Gasteiger partial charge < -0.3 is 14.6 Å². The van der Waals surface area contributed by atoms with Gasteiger partial charge in [-0.05, 0) is 60.1 Å². The fourth-order valence-corrected chi connectivity index (χ4v) is 1.53. The summed E-state index contributed by atoms with van der Waals surface area (Å²) >= 11 is 0. The van der Waals surface area contributed by atoms with Gasteiger partial charge in [-0.15, -0.1) is 0 Å². The predicted molar refractivity (Wildman–Crippen MR) is 132 cm³/mol. The summed E-state index contributed by atoms with van der Waals surface area (Å²) in [5, 5.41) is 52.9. The summed E-state index contributed by atoms with van der Waals surface area (Å²) in [5.74, 6) is -1.50. The van der Waals surface area contributed by atoms with E-state index in [0.29, 0.717) is 12.2 Å². The van der Waals surface area contributed by atoms with Crippen molar-refractivity contribution in [3.8, 4) is 5.75 Å². The lowest BCUT2D eigenvalue weighted by atomic mass is 10.1. The van der Waals surface area contributed by atoms with E-state index < -0.39 is 11.8 Å². The molecule has 1 unspecified atom stereocenters. The minimum Gasteiger partial charge on any atom is -0.478 e. The van der Waals surface area contributed by atoms with E-state index in [9.17, 15) is 4.79 Å². The normalized spacial score (nSPS) is 10.8. The molecule has 0 aromatic heterocycles. The fraction of sp³-hybridized carbons (Fsp3) is 0.423. The molecule has 0 saturated carbocycles. The molecule has 1 rings (SSSR count). The number of ether oxygens (including phenoxy) is 2. The zero-order chi connectivity index (χ0) is 28.5. The molecule has 0 saturated heterocycles. The molecule has 0 bridgehead atoms. The van der Waals surface area contributed by atoms with Crippen molar-refractivity contribution in [3.05, 3.63) is 83.7 Å². The van der Waals surface area contributed by atoms with E-state index in [1.54, 1.807) is 0 Å². The maximum atomic E-state index is 10.8. The largest absolute Gasteiger partial charge is 0.478 e. The Kier molecular flexibility index (Phi) is 44.7. The van der Waals surface area contributed by atoms with Crippen molar-refractivity contribution in [1.29, 1.82) is 0 Å². The van der Waals surface area contributed by atoms with Crippen LogP contribution in [-0.4, -0.2) is 49.9 Å².